The molecule has 130 valence electrons. The van der Waals surface area contributed by atoms with Gasteiger partial charge < -0.3 is 4.74 Å². The van der Waals surface area contributed by atoms with Crippen molar-refractivity contribution >= 4 is 16.9 Å². The smallest absolute Gasteiger partial charge is 0.338 e. The summed E-state index contributed by atoms with van der Waals surface area (Å²) in [5.74, 6) is -0.382. The lowest BCUT2D eigenvalue weighted by Gasteiger charge is -2.11. The van der Waals surface area contributed by atoms with Crippen molar-refractivity contribution < 1.29 is 9.53 Å². The number of aromatic nitrogens is 1. The second-order valence-corrected chi connectivity index (χ2v) is 6.29. The number of pyridine rings is 1. The number of rotatable bonds is 5. The number of fused-ring (bicyclic) bond motifs is 1. The minimum absolute atomic E-state index is 0.238. The lowest BCUT2D eigenvalue weighted by Crippen LogP contribution is -2.08. The summed E-state index contributed by atoms with van der Waals surface area (Å²) < 4.78 is 5.36. The van der Waals surface area contributed by atoms with Crippen molar-refractivity contribution in [1.82, 2.24) is 4.98 Å². The topological polar surface area (TPSA) is 63.0 Å². The maximum Gasteiger partial charge on any atom is 0.338 e. The van der Waals surface area contributed by atoms with E-state index in [4.69, 9.17) is 15.0 Å². The summed E-state index contributed by atoms with van der Waals surface area (Å²) in [5, 5.41) is 9.37. The van der Waals surface area contributed by atoms with Crippen LogP contribution in [0, 0.1) is 25.2 Å². The zero-order valence-electron chi connectivity index (χ0n) is 15.0. The van der Waals surface area contributed by atoms with Crippen LogP contribution in [0.25, 0.3) is 22.2 Å². The molecule has 4 nitrogen and oxygen atoms in total. The average Bonchev–Trinajstić information content (AvgIpc) is 2.64. The highest BCUT2D eigenvalue weighted by Gasteiger charge is 2.16. The highest BCUT2D eigenvalue weighted by Crippen LogP contribution is 2.28. The van der Waals surface area contributed by atoms with Crippen LogP contribution >= 0.6 is 0 Å². The molecule has 0 saturated carbocycles. The molecule has 0 saturated heterocycles. The fourth-order valence-corrected chi connectivity index (χ4v) is 2.98. The third-order valence-electron chi connectivity index (χ3n) is 4.26. The molecule has 0 bridgehead atoms. The molecule has 0 aliphatic carbocycles. The predicted octanol–water partition coefficient (Wildman–Crippen LogP) is 4.98. The van der Waals surface area contributed by atoms with Gasteiger partial charge in [-0.25, -0.2) is 9.78 Å². The van der Waals surface area contributed by atoms with Crippen molar-refractivity contribution in [2.45, 2.75) is 26.7 Å². The summed E-state index contributed by atoms with van der Waals surface area (Å²) in [6, 6.07) is 17.6. The summed E-state index contributed by atoms with van der Waals surface area (Å²) in [6.07, 6.45) is 0.910. The van der Waals surface area contributed by atoms with Gasteiger partial charge in [0.25, 0.3) is 0 Å². The summed E-state index contributed by atoms with van der Waals surface area (Å²) in [4.78, 5) is 17.3. The maximum atomic E-state index is 12.6. The Balaban J connectivity index is 2.04. The van der Waals surface area contributed by atoms with Crippen LogP contribution in [-0.2, 0) is 4.74 Å². The Labute approximate surface area is 153 Å². The first-order chi connectivity index (χ1) is 12.6. The number of benzene rings is 2. The number of hydrogen-bond donors (Lipinski definition) is 0. The van der Waals surface area contributed by atoms with Crippen LogP contribution in [0.15, 0.2) is 48.5 Å². The van der Waals surface area contributed by atoms with Crippen LogP contribution in [0.5, 0.6) is 0 Å². The molecule has 0 N–H and O–H groups in total. The highest BCUT2D eigenvalue weighted by atomic mass is 16.5. The van der Waals surface area contributed by atoms with E-state index in [1.807, 2.05) is 43.3 Å². The van der Waals surface area contributed by atoms with Gasteiger partial charge in [0, 0.05) is 17.4 Å². The number of carbonyl (C=O) groups excluding carboxylic acids is 1. The largest absolute Gasteiger partial charge is 0.462 e. The Bertz CT molecular complexity index is 1000. The van der Waals surface area contributed by atoms with Crippen LogP contribution < -0.4 is 0 Å². The summed E-state index contributed by atoms with van der Waals surface area (Å²) in [7, 11) is 0. The number of esters is 1. The van der Waals surface area contributed by atoms with Crippen LogP contribution in [0.3, 0.4) is 0 Å². The molecule has 1 aromatic heterocycles. The van der Waals surface area contributed by atoms with Crippen molar-refractivity contribution in [3.8, 4) is 17.3 Å². The lowest BCUT2D eigenvalue weighted by atomic mass is 9.99. The van der Waals surface area contributed by atoms with Gasteiger partial charge >= 0.3 is 5.97 Å². The molecule has 3 aromatic rings. The molecular formula is C22H20N2O2. The monoisotopic (exact) mass is 344 g/mol. The molecule has 0 fully saturated rings. The fourth-order valence-electron chi connectivity index (χ4n) is 2.98. The molecule has 3 rings (SSSR count). The van der Waals surface area contributed by atoms with E-state index in [1.54, 1.807) is 6.07 Å². The number of nitrogens with zero attached hydrogens (tertiary/aromatic N) is 2. The second-order valence-electron chi connectivity index (χ2n) is 6.29. The Hall–Kier alpha value is -3.19. The standard InChI is InChI=1S/C22H20N2O2/c1-15-9-10-17(16(2)13-15)21-14-19(22(25)26-12-6-5-11-23)18-7-3-4-8-20(18)24-21/h3-4,7-10,13-14H,5-6,12H2,1-2H3. The number of carbonyl (C=O) groups is 1. The number of para-hydroxylation sites is 1. The predicted molar refractivity (Wildman–Crippen MR) is 102 cm³/mol. The Kier molecular flexibility index (Phi) is 5.28. The number of nitriles is 1. The zero-order chi connectivity index (χ0) is 18.5. The minimum Gasteiger partial charge on any atom is -0.462 e. The number of aryl methyl sites for hydroxylation is 2. The Morgan fingerprint density at radius 3 is 2.73 bits per heavy atom. The number of unbranched alkanes of at least 4 members (excludes halogenated alkanes) is 1. The van der Waals surface area contributed by atoms with Gasteiger partial charge in [0.15, 0.2) is 0 Å². The van der Waals surface area contributed by atoms with Crippen LogP contribution in [0.2, 0.25) is 0 Å². The van der Waals surface area contributed by atoms with Crippen molar-refractivity contribution in [2.24, 2.45) is 0 Å². The molecule has 26 heavy (non-hydrogen) atoms. The van der Waals surface area contributed by atoms with Gasteiger partial charge in [-0.1, -0.05) is 42.0 Å². The molecule has 2 aromatic carbocycles. The van der Waals surface area contributed by atoms with E-state index in [0.29, 0.717) is 18.4 Å². The van der Waals surface area contributed by atoms with E-state index in [0.717, 1.165) is 27.7 Å². The first-order valence-electron chi connectivity index (χ1n) is 8.61. The van der Waals surface area contributed by atoms with Gasteiger partial charge in [0.2, 0.25) is 0 Å². The quantitative estimate of drug-likeness (QED) is 0.484. The third-order valence-corrected chi connectivity index (χ3v) is 4.26. The van der Waals surface area contributed by atoms with E-state index >= 15 is 0 Å². The van der Waals surface area contributed by atoms with Crippen LogP contribution in [0.4, 0.5) is 0 Å². The van der Waals surface area contributed by atoms with Gasteiger partial charge in [-0.2, -0.15) is 5.26 Å². The molecule has 4 heteroatoms. The van der Waals surface area contributed by atoms with Gasteiger partial charge in [0.05, 0.1) is 29.5 Å². The molecule has 0 radical (unpaired) electrons. The molecule has 0 spiro atoms. The molecule has 0 atom stereocenters. The fraction of sp³-hybridized carbons (Fsp3) is 0.227. The normalized spacial score (nSPS) is 10.5. The van der Waals surface area contributed by atoms with Gasteiger partial charge in [-0.15, -0.1) is 0 Å². The van der Waals surface area contributed by atoms with Crippen molar-refractivity contribution in [1.29, 1.82) is 5.26 Å². The van der Waals surface area contributed by atoms with E-state index in [1.165, 1.54) is 5.56 Å². The highest BCUT2D eigenvalue weighted by molar-refractivity contribution is 6.04. The third kappa shape index (κ3) is 3.73. The molecule has 0 unspecified atom stereocenters. The van der Waals surface area contributed by atoms with Gasteiger partial charge in [-0.3, -0.25) is 0 Å². The van der Waals surface area contributed by atoms with Crippen molar-refractivity contribution in [3.05, 3.63) is 65.2 Å². The summed E-state index contributed by atoms with van der Waals surface area (Å²) in [6.45, 7) is 4.33. The van der Waals surface area contributed by atoms with Crippen LogP contribution in [0.1, 0.15) is 34.3 Å². The summed E-state index contributed by atoms with van der Waals surface area (Å²) in [5.41, 5.74) is 5.31. The first-order valence-corrected chi connectivity index (χ1v) is 8.61. The van der Waals surface area contributed by atoms with E-state index in [-0.39, 0.29) is 12.6 Å². The molecule has 1 heterocycles. The zero-order valence-corrected chi connectivity index (χ0v) is 15.0. The van der Waals surface area contributed by atoms with Gasteiger partial charge in [-0.05, 0) is 38.0 Å². The first kappa shape index (κ1) is 17.6. The maximum absolute atomic E-state index is 12.6. The minimum atomic E-state index is -0.382. The van der Waals surface area contributed by atoms with Crippen molar-refractivity contribution in [2.75, 3.05) is 6.61 Å². The van der Waals surface area contributed by atoms with E-state index in [2.05, 4.69) is 19.1 Å². The van der Waals surface area contributed by atoms with Crippen molar-refractivity contribution in [3.63, 3.8) is 0 Å². The Morgan fingerprint density at radius 2 is 1.96 bits per heavy atom. The number of ether oxygens (including phenoxy) is 1. The van der Waals surface area contributed by atoms with Crippen LogP contribution in [-0.4, -0.2) is 17.6 Å². The molecular weight excluding hydrogens is 324 g/mol. The van der Waals surface area contributed by atoms with E-state index in [9.17, 15) is 4.79 Å². The van der Waals surface area contributed by atoms with E-state index < -0.39 is 0 Å². The molecule has 0 amide bonds. The summed E-state index contributed by atoms with van der Waals surface area (Å²) >= 11 is 0. The molecule has 0 aliphatic rings. The Morgan fingerprint density at radius 1 is 1.15 bits per heavy atom. The number of hydrogen-bond acceptors (Lipinski definition) is 4. The average molecular weight is 344 g/mol. The SMILES string of the molecule is Cc1ccc(-c2cc(C(=O)OCCCC#N)c3ccccc3n2)c(C)c1. The second kappa shape index (κ2) is 7.79. The molecule has 0 aliphatic heterocycles. The lowest BCUT2D eigenvalue weighted by molar-refractivity contribution is 0.0504. The van der Waals surface area contributed by atoms with Gasteiger partial charge in [0.1, 0.15) is 0 Å².